The summed E-state index contributed by atoms with van der Waals surface area (Å²) in [5.74, 6) is -1.74. The van der Waals surface area contributed by atoms with Gasteiger partial charge in [0.2, 0.25) is 0 Å². The monoisotopic (exact) mass is 221 g/mol. The molecule has 4 nitrogen and oxygen atoms in total. The molecule has 0 fully saturated rings. The topological polar surface area (TPSA) is 47.8 Å². The number of halogens is 3. The van der Waals surface area contributed by atoms with Crippen molar-refractivity contribution < 1.29 is 18.0 Å². The molecule has 0 aliphatic carbocycles. The van der Waals surface area contributed by atoms with E-state index in [4.69, 9.17) is 0 Å². The molecule has 0 unspecified atom stereocenters. The average Bonchev–Trinajstić information content (AvgIpc) is 2.48. The van der Waals surface area contributed by atoms with E-state index in [0.717, 1.165) is 6.20 Å². The minimum atomic E-state index is -4.89. The molecule has 84 valence electrons. The van der Waals surface area contributed by atoms with E-state index in [2.05, 4.69) is 10.3 Å². The summed E-state index contributed by atoms with van der Waals surface area (Å²) < 4.78 is 37.2. The van der Waals surface area contributed by atoms with E-state index in [1.54, 1.807) is 0 Å². The predicted octanol–water partition coefficient (Wildman–Crippen LogP) is 1.68. The van der Waals surface area contributed by atoms with Gasteiger partial charge in [-0.1, -0.05) is 19.1 Å². The fourth-order valence-corrected chi connectivity index (χ4v) is 1.01. The lowest BCUT2D eigenvalue weighted by Crippen LogP contribution is -2.23. The molecule has 1 rings (SSSR count). The molecule has 0 radical (unpaired) electrons. The Morgan fingerprint density at radius 1 is 1.53 bits per heavy atom. The zero-order valence-electron chi connectivity index (χ0n) is 8.25. The first-order chi connectivity index (χ1) is 6.80. The molecule has 1 aromatic rings. The van der Waals surface area contributed by atoms with Crippen molar-refractivity contribution in [3.05, 3.63) is 11.9 Å². The van der Waals surface area contributed by atoms with Crippen LogP contribution < -0.4 is 0 Å². The van der Waals surface area contributed by atoms with Gasteiger partial charge >= 0.3 is 6.18 Å². The average molecular weight is 221 g/mol. The number of ketones is 1. The van der Waals surface area contributed by atoms with Crippen molar-refractivity contribution in [2.24, 2.45) is 5.92 Å². The van der Waals surface area contributed by atoms with Crippen LogP contribution in [-0.4, -0.2) is 27.0 Å². The van der Waals surface area contributed by atoms with E-state index in [1.165, 1.54) is 4.68 Å². The van der Waals surface area contributed by atoms with Gasteiger partial charge in [0.25, 0.3) is 5.78 Å². The molecule has 15 heavy (non-hydrogen) atoms. The summed E-state index contributed by atoms with van der Waals surface area (Å²) in [6, 6.07) is 0. The van der Waals surface area contributed by atoms with E-state index in [9.17, 15) is 18.0 Å². The molecule has 0 saturated heterocycles. The van der Waals surface area contributed by atoms with Gasteiger partial charge in [-0.15, -0.1) is 5.10 Å². The molecule has 0 N–H and O–H groups in total. The summed E-state index contributed by atoms with van der Waals surface area (Å²) in [4.78, 5) is 10.7. The van der Waals surface area contributed by atoms with Crippen LogP contribution in [0.3, 0.4) is 0 Å². The highest BCUT2D eigenvalue weighted by Crippen LogP contribution is 2.19. The SMILES string of the molecule is CC(C)Cn1cc(C(=O)C(F)(F)F)nn1. The number of nitrogens with zero attached hydrogens (tertiary/aromatic N) is 3. The maximum absolute atomic E-state index is 12.0. The largest absolute Gasteiger partial charge is 0.456 e. The second-order valence-electron chi connectivity index (χ2n) is 3.55. The molecule has 0 amide bonds. The van der Waals surface area contributed by atoms with Crippen LogP contribution in [0.5, 0.6) is 0 Å². The summed E-state index contributed by atoms with van der Waals surface area (Å²) in [7, 11) is 0. The van der Waals surface area contributed by atoms with Crippen LogP contribution in [0, 0.1) is 5.92 Å². The second-order valence-corrected chi connectivity index (χ2v) is 3.55. The van der Waals surface area contributed by atoms with Crippen molar-refractivity contribution in [3.63, 3.8) is 0 Å². The van der Waals surface area contributed by atoms with Crippen molar-refractivity contribution in [2.45, 2.75) is 26.6 Å². The highest BCUT2D eigenvalue weighted by Gasteiger charge is 2.41. The van der Waals surface area contributed by atoms with Crippen LogP contribution in [0.25, 0.3) is 0 Å². The molecule has 0 spiro atoms. The molecule has 0 bridgehead atoms. The van der Waals surface area contributed by atoms with Crippen LogP contribution >= 0.6 is 0 Å². The molecular formula is C8H10F3N3O. The minimum absolute atomic E-state index is 0.223. The van der Waals surface area contributed by atoms with Crippen LogP contribution in [-0.2, 0) is 6.54 Å². The van der Waals surface area contributed by atoms with E-state index in [1.807, 2.05) is 13.8 Å². The third-order valence-corrected chi connectivity index (χ3v) is 1.58. The first-order valence-electron chi connectivity index (χ1n) is 4.32. The number of hydrogen-bond donors (Lipinski definition) is 0. The number of hydrogen-bond acceptors (Lipinski definition) is 3. The van der Waals surface area contributed by atoms with Gasteiger partial charge in [0, 0.05) is 6.54 Å². The Labute approximate surface area is 84.1 Å². The van der Waals surface area contributed by atoms with Gasteiger partial charge < -0.3 is 0 Å². The molecule has 0 aliphatic heterocycles. The summed E-state index contributed by atoms with van der Waals surface area (Å²) in [5.41, 5.74) is -0.664. The maximum Gasteiger partial charge on any atom is 0.456 e. The fourth-order valence-electron chi connectivity index (χ4n) is 1.01. The number of rotatable bonds is 3. The van der Waals surface area contributed by atoms with Crippen molar-refractivity contribution >= 4 is 5.78 Å². The minimum Gasteiger partial charge on any atom is -0.282 e. The third kappa shape index (κ3) is 3.03. The molecular weight excluding hydrogens is 211 g/mol. The number of carbonyl (C=O) groups is 1. The van der Waals surface area contributed by atoms with Crippen LogP contribution in [0.15, 0.2) is 6.20 Å². The molecule has 0 aromatic carbocycles. The first kappa shape index (κ1) is 11.7. The molecule has 1 aromatic heterocycles. The van der Waals surface area contributed by atoms with Gasteiger partial charge in [0.05, 0.1) is 6.20 Å². The third-order valence-electron chi connectivity index (χ3n) is 1.58. The van der Waals surface area contributed by atoms with Crippen LogP contribution in [0.1, 0.15) is 24.3 Å². The van der Waals surface area contributed by atoms with Crippen molar-refractivity contribution in [1.82, 2.24) is 15.0 Å². The zero-order valence-corrected chi connectivity index (χ0v) is 8.25. The zero-order chi connectivity index (χ0) is 11.6. The van der Waals surface area contributed by atoms with Gasteiger partial charge in [0.1, 0.15) is 0 Å². The Balaban J connectivity index is 2.81. The Kier molecular flexibility index (Phi) is 3.11. The normalized spacial score (nSPS) is 12.1. The Morgan fingerprint density at radius 2 is 2.13 bits per heavy atom. The molecule has 0 saturated carbocycles. The number of aromatic nitrogens is 3. The van der Waals surface area contributed by atoms with Gasteiger partial charge in [-0.3, -0.25) is 9.48 Å². The van der Waals surface area contributed by atoms with E-state index >= 15 is 0 Å². The van der Waals surface area contributed by atoms with Crippen molar-refractivity contribution in [2.75, 3.05) is 0 Å². The van der Waals surface area contributed by atoms with Gasteiger partial charge in [-0.2, -0.15) is 13.2 Å². The number of carbonyl (C=O) groups excluding carboxylic acids is 1. The van der Waals surface area contributed by atoms with Crippen LogP contribution in [0.2, 0.25) is 0 Å². The quantitative estimate of drug-likeness (QED) is 0.729. The Bertz CT molecular complexity index is 356. The lowest BCUT2D eigenvalue weighted by Gasteiger charge is -2.02. The highest BCUT2D eigenvalue weighted by molar-refractivity contribution is 5.98. The summed E-state index contributed by atoms with van der Waals surface area (Å²) in [6.45, 7) is 4.19. The van der Waals surface area contributed by atoms with E-state index in [0.29, 0.717) is 6.54 Å². The maximum atomic E-state index is 12.0. The van der Waals surface area contributed by atoms with Gasteiger partial charge in [0.15, 0.2) is 5.69 Å². The lowest BCUT2D eigenvalue weighted by atomic mass is 10.2. The molecule has 7 heteroatoms. The highest BCUT2D eigenvalue weighted by atomic mass is 19.4. The standard InChI is InChI=1S/C8H10F3N3O/c1-5(2)3-14-4-6(12-13-14)7(15)8(9,10)11/h4-5H,3H2,1-2H3. The van der Waals surface area contributed by atoms with E-state index in [-0.39, 0.29) is 5.92 Å². The molecule has 0 aliphatic rings. The van der Waals surface area contributed by atoms with Crippen LogP contribution in [0.4, 0.5) is 13.2 Å². The van der Waals surface area contributed by atoms with Gasteiger partial charge in [-0.05, 0) is 5.92 Å². The number of Topliss-reactive ketones (excluding diaryl/α,β-unsaturated/α-hetero) is 1. The Hall–Kier alpha value is -1.40. The van der Waals surface area contributed by atoms with Gasteiger partial charge in [-0.25, -0.2) is 0 Å². The number of alkyl halides is 3. The summed E-state index contributed by atoms with van der Waals surface area (Å²) in [6.07, 6.45) is -3.88. The van der Waals surface area contributed by atoms with Crippen molar-refractivity contribution in [3.8, 4) is 0 Å². The first-order valence-corrected chi connectivity index (χ1v) is 4.32. The predicted molar refractivity (Wildman–Crippen MR) is 45.2 cm³/mol. The fraction of sp³-hybridized carbons (Fsp3) is 0.625. The molecule has 0 atom stereocenters. The summed E-state index contributed by atoms with van der Waals surface area (Å²) in [5, 5.41) is 6.62. The lowest BCUT2D eigenvalue weighted by molar-refractivity contribution is -0.0888. The summed E-state index contributed by atoms with van der Waals surface area (Å²) >= 11 is 0. The van der Waals surface area contributed by atoms with Crippen molar-refractivity contribution in [1.29, 1.82) is 0 Å². The second kappa shape index (κ2) is 4.00. The smallest absolute Gasteiger partial charge is 0.282 e. The molecule has 1 heterocycles. The Morgan fingerprint density at radius 3 is 2.60 bits per heavy atom. The van der Waals surface area contributed by atoms with E-state index < -0.39 is 17.7 Å².